The number of rotatable bonds is 74. The molecule has 0 spiro atoms. The normalized spacial score (nSPS) is 12.1. The second-order valence-corrected chi connectivity index (χ2v) is 43.5. The van der Waals surface area contributed by atoms with Crippen LogP contribution in [0.25, 0.3) is 112 Å². The first-order valence-electron chi connectivity index (χ1n) is 52.5. The Morgan fingerprint density at radius 3 is 0.492 bits per heavy atom. The maximum Gasteiger partial charge on any atom is 0.129 e. The summed E-state index contributed by atoms with van der Waals surface area (Å²) in [6, 6.07) is 28.9. The molecule has 6 aromatic carbocycles. The molecule has 0 radical (unpaired) electrons. The van der Waals surface area contributed by atoms with Crippen molar-refractivity contribution >= 4 is 161 Å². The lowest BCUT2D eigenvalue weighted by atomic mass is 10.0. The highest BCUT2D eigenvalue weighted by Gasteiger charge is 2.27. The number of ether oxygens (including phenoxy) is 6. The summed E-state index contributed by atoms with van der Waals surface area (Å²) in [6.45, 7) is 18.1. The standard InChI is InChI=1S/C114H164O6S6/c1-7-13-19-25-31-37-43-49-55-61-69-115-93-77-87-67-75-121-109(87)103-95(117-71-63-57-51-45-39-33-27-21-15-9-3)79-89-83-99(123-111(89)105(93)103)101-85-91-81-97(119-73-65-59-53-47-41-35-29-23-17-11-5)108-107(113(91)125-101)98(120-74-66-60-54-48-42-36-30-24-18-12-6)82-92-86-102(126-114(92)108)100-84-90-80-96(118-72-64-58-52-46-40-34-28-22-16-10-4)104-106(112(90)124-100)94(78-88-68-76-122-110(88)104)116-70-62-56-50-44-38-32-26-20-14-8-2/h67-68,75-86H,7-66,69-74H2,1-6H3. The smallest absolute Gasteiger partial charge is 0.129 e. The van der Waals surface area contributed by atoms with Crippen LogP contribution in [-0.4, -0.2) is 39.6 Å². The number of unbranched alkanes of at least 4 members (excludes halogenated alkanes) is 54. The van der Waals surface area contributed by atoms with E-state index in [1.165, 1.54) is 459 Å². The molecule has 0 saturated heterocycles. The van der Waals surface area contributed by atoms with Crippen LogP contribution in [0.5, 0.6) is 34.5 Å². The van der Waals surface area contributed by atoms with Crippen LogP contribution in [0.3, 0.4) is 0 Å². The van der Waals surface area contributed by atoms with Gasteiger partial charge in [-0.15, -0.1) is 68.0 Å². The Morgan fingerprint density at radius 1 is 0.167 bits per heavy atom. The quantitative estimate of drug-likeness (QED) is 0.0354. The van der Waals surface area contributed by atoms with E-state index in [9.17, 15) is 0 Å². The molecular weight excluding hydrogens is 1660 g/mol. The fourth-order valence-electron chi connectivity index (χ4n) is 19.3. The van der Waals surface area contributed by atoms with E-state index in [1.54, 1.807) is 0 Å². The summed E-state index contributed by atoms with van der Waals surface area (Å²) in [5.74, 6) is 5.94. The van der Waals surface area contributed by atoms with Gasteiger partial charge >= 0.3 is 0 Å². The van der Waals surface area contributed by atoms with E-state index in [2.05, 4.69) is 125 Å². The summed E-state index contributed by atoms with van der Waals surface area (Å²) >= 11 is 11.5. The highest BCUT2D eigenvalue weighted by Crippen LogP contribution is 2.56. The Balaban J connectivity index is 0.924. The molecule has 0 unspecified atom stereocenters. The van der Waals surface area contributed by atoms with Gasteiger partial charge in [0.05, 0.1) is 39.6 Å². The molecule has 0 atom stereocenters. The van der Waals surface area contributed by atoms with E-state index in [1.807, 2.05) is 68.0 Å². The van der Waals surface area contributed by atoms with Gasteiger partial charge in [-0.1, -0.05) is 388 Å². The van der Waals surface area contributed by atoms with E-state index in [0.717, 1.165) is 73.0 Å². The molecule has 6 aromatic heterocycles. The molecule has 6 heterocycles. The molecule has 0 bridgehead atoms. The molecule has 0 aliphatic rings. The van der Waals surface area contributed by atoms with Crippen molar-refractivity contribution < 1.29 is 28.4 Å². The lowest BCUT2D eigenvalue weighted by molar-refractivity contribution is 0.305. The number of thiophene rings is 6. The molecule has 0 aliphatic heterocycles. The SMILES string of the molecule is CCCCCCCCCCCCOc1cc2cc(-c3cc4cc(OCCCCCCCCCCCC)c5c6sc(-c7cc8cc(OCCCCCCCCCCCC)c9c%10sccc%10cc(OCCCCCCCCCCCC)c9c8s7)cc6cc(OCCCCCCCCCCCC)c5c4s3)sc2c2c(OCCCCCCCCCCCC)cc3ccsc3c12. The minimum absolute atomic E-state index is 0.680. The van der Waals surface area contributed by atoms with Gasteiger partial charge in [0.15, 0.2) is 0 Å². The van der Waals surface area contributed by atoms with Crippen LogP contribution in [0.2, 0.25) is 0 Å². The molecule has 126 heavy (non-hydrogen) atoms. The van der Waals surface area contributed by atoms with E-state index in [-0.39, 0.29) is 0 Å². The van der Waals surface area contributed by atoms with Crippen LogP contribution in [0.15, 0.2) is 83.6 Å². The second-order valence-electron chi connectivity index (χ2n) is 37.5. The average molecular weight is 1820 g/mol. The molecule has 692 valence electrons. The Kier molecular flexibility index (Phi) is 45.8. The topological polar surface area (TPSA) is 55.4 Å². The largest absolute Gasteiger partial charge is 0.493 e. The summed E-state index contributed by atoms with van der Waals surface area (Å²) in [4.78, 5) is 5.09. The second kappa shape index (κ2) is 57.8. The van der Waals surface area contributed by atoms with Crippen molar-refractivity contribution in [3.63, 3.8) is 0 Å². The number of hydrogen-bond acceptors (Lipinski definition) is 12. The zero-order valence-corrected chi connectivity index (χ0v) is 84.5. The van der Waals surface area contributed by atoms with Crippen LogP contribution < -0.4 is 28.4 Å². The summed E-state index contributed by atoms with van der Waals surface area (Å²) in [6.07, 6.45) is 77.8. The fourth-order valence-corrected chi connectivity index (χ4v) is 26.1. The van der Waals surface area contributed by atoms with E-state index >= 15 is 0 Å². The van der Waals surface area contributed by atoms with Gasteiger partial charge in [0, 0.05) is 80.0 Å². The number of hydrogen-bond donors (Lipinski definition) is 0. The minimum Gasteiger partial charge on any atom is -0.493 e. The fraction of sp³-hybridized carbons (Fsp3) is 0.632. The summed E-state index contributed by atoms with van der Waals surface area (Å²) in [5, 5.41) is 19.2. The predicted molar refractivity (Wildman–Crippen MR) is 566 cm³/mol. The zero-order valence-electron chi connectivity index (χ0n) is 79.7. The van der Waals surface area contributed by atoms with Gasteiger partial charge in [0.1, 0.15) is 34.5 Å². The lowest BCUT2D eigenvalue weighted by Crippen LogP contribution is -2.00. The average Bonchev–Trinajstić information content (AvgIpc) is 1.55. The van der Waals surface area contributed by atoms with Gasteiger partial charge in [0.2, 0.25) is 0 Å². The van der Waals surface area contributed by atoms with Crippen molar-refractivity contribution in [3.8, 4) is 54.0 Å². The molecule has 0 amide bonds. The Labute approximate surface area is 786 Å². The Morgan fingerprint density at radius 2 is 0.317 bits per heavy atom. The Bertz CT molecular complexity index is 4680. The summed E-state index contributed by atoms with van der Waals surface area (Å²) in [7, 11) is 0. The van der Waals surface area contributed by atoms with Crippen molar-refractivity contribution in [1.29, 1.82) is 0 Å². The van der Waals surface area contributed by atoms with Gasteiger partial charge in [0.25, 0.3) is 0 Å². The van der Waals surface area contributed by atoms with Crippen LogP contribution >= 0.6 is 68.0 Å². The minimum atomic E-state index is 0.680. The van der Waals surface area contributed by atoms with Gasteiger partial charge in [-0.25, -0.2) is 0 Å². The van der Waals surface area contributed by atoms with Crippen LogP contribution in [0.4, 0.5) is 0 Å². The third kappa shape index (κ3) is 30.3. The third-order valence-electron chi connectivity index (χ3n) is 26.8. The van der Waals surface area contributed by atoms with E-state index in [0.29, 0.717) is 39.6 Å². The molecule has 0 N–H and O–H groups in total. The molecule has 0 fully saturated rings. The summed E-state index contributed by atoms with van der Waals surface area (Å²) in [5.41, 5.74) is 0. The predicted octanol–water partition coefficient (Wildman–Crippen LogP) is 41.6. The highest BCUT2D eigenvalue weighted by molar-refractivity contribution is 7.30. The molecule has 0 saturated carbocycles. The van der Waals surface area contributed by atoms with E-state index in [4.69, 9.17) is 28.4 Å². The van der Waals surface area contributed by atoms with E-state index < -0.39 is 0 Å². The molecule has 12 rings (SSSR count). The van der Waals surface area contributed by atoms with Crippen molar-refractivity contribution in [1.82, 2.24) is 0 Å². The lowest BCUT2D eigenvalue weighted by Gasteiger charge is -2.15. The van der Waals surface area contributed by atoms with Crippen molar-refractivity contribution in [2.75, 3.05) is 39.6 Å². The van der Waals surface area contributed by atoms with Gasteiger partial charge in [-0.3, -0.25) is 0 Å². The summed E-state index contributed by atoms with van der Waals surface area (Å²) < 4.78 is 51.2. The van der Waals surface area contributed by atoms with Crippen LogP contribution in [0, 0.1) is 0 Å². The van der Waals surface area contributed by atoms with Crippen LogP contribution in [-0.2, 0) is 0 Å². The highest BCUT2D eigenvalue weighted by atomic mass is 32.1. The number of fused-ring (bicyclic) bond motifs is 15. The molecule has 0 aliphatic carbocycles. The maximum absolute atomic E-state index is 7.44. The first kappa shape index (κ1) is 99.7. The van der Waals surface area contributed by atoms with Crippen LogP contribution in [0.1, 0.15) is 427 Å². The third-order valence-corrected chi connectivity index (χ3v) is 33.7. The maximum atomic E-state index is 7.44. The first-order chi connectivity index (χ1) is 62.4. The van der Waals surface area contributed by atoms with Gasteiger partial charge < -0.3 is 28.4 Å². The van der Waals surface area contributed by atoms with Gasteiger partial charge in [-0.05, 0) is 154 Å². The zero-order chi connectivity index (χ0) is 87.2. The Hall–Kier alpha value is -5.34. The molecule has 6 nitrogen and oxygen atoms in total. The van der Waals surface area contributed by atoms with Crippen molar-refractivity contribution in [2.45, 2.75) is 427 Å². The van der Waals surface area contributed by atoms with Crippen molar-refractivity contribution in [2.24, 2.45) is 0 Å². The molecule has 12 heteroatoms. The van der Waals surface area contributed by atoms with Crippen molar-refractivity contribution in [3.05, 3.63) is 83.6 Å². The monoisotopic (exact) mass is 1820 g/mol. The van der Waals surface area contributed by atoms with Gasteiger partial charge in [-0.2, -0.15) is 0 Å². The number of benzene rings is 6. The first-order valence-corrected chi connectivity index (χ1v) is 57.5. The molecular formula is C114H164O6S6. The molecule has 12 aromatic rings.